The third-order valence-corrected chi connectivity index (χ3v) is 16.0. The van der Waals surface area contributed by atoms with Crippen molar-refractivity contribution in [3.63, 3.8) is 0 Å². The maximum Gasteiger partial charge on any atom is 0.364 e. The Morgan fingerprint density at radius 2 is 1.13 bits per heavy atom. The summed E-state index contributed by atoms with van der Waals surface area (Å²) in [5.41, 5.74) is 0. The molecule has 0 aromatic carbocycles. The van der Waals surface area contributed by atoms with Crippen LogP contribution >= 0.6 is 0 Å². The van der Waals surface area contributed by atoms with Crippen LogP contribution in [0.1, 0.15) is 207 Å². The molecule has 480 valence electrons. The molecular formula is C59H108N2O21. The van der Waals surface area contributed by atoms with Crippen molar-refractivity contribution < 1.29 is 104 Å². The van der Waals surface area contributed by atoms with Crippen molar-refractivity contribution in [1.82, 2.24) is 10.6 Å². The van der Waals surface area contributed by atoms with Crippen molar-refractivity contribution in [2.24, 2.45) is 0 Å². The molecule has 23 heteroatoms. The molecule has 2 unspecified atom stereocenters. The first-order valence-corrected chi connectivity index (χ1v) is 31.1. The average molecular weight is 1180 g/mol. The van der Waals surface area contributed by atoms with Crippen LogP contribution in [0.3, 0.4) is 0 Å². The largest absolute Gasteiger partial charge is 0.477 e. The molecule has 2 amide bonds. The Morgan fingerprint density at radius 3 is 1.62 bits per heavy atom. The summed E-state index contributed by atoms with van der Waals surface area (Å²) in [5, 5.41) is 135. The van der Waals surface area contributed by atoms with Gasteiger partial charge in [0.25, 0.3) is 5.79 Å². The normalized spacial score (nSPS) is 30.2. The number of amides is 2. The van der Waals surface area contributed by atoms with Crippen LogP contribution in [0.5, 0.6) is 0 Å². The van der Waals surface area contributed by atoms with Crippen LogP contribution in [0.2, 0.25) is 0 Å². The molecular weight excluding hydrogens is 1070 g/mol. The number of carboxylic acids is 1. The fraction of sp³-hybridized carbons (Fsp3) is 0.915. The van der Waals surface area contributed by atoms with Gasteiger partial charge in [-0.15, -0.1) is 0 Å². The van der Waals surface area contributed by atoms with E-state index in [0.29, 0.717) is 12.8 Å². The van der Waals surface area contributed by atoms with Crippen molar-refractivity contribution in [3.8, 4) is 0 Å². The minimum Gasteiger partial charge on any atom is -0.477 e. The summed E-state index contributed by atoms with van der Waals surface area (Å²) < 4.78 is 34.7. The molecule has 0 bridgehead atoms. The Bertz CT molecular complexity index is 1740. The van der Waals surface area contributed by atoms with E-state index < -0.39 is 155 Å². The highest BCUT2D eigenvalue weighted by Crippen LogP contribution is 2.38. The molecule has 0 spiro atoms. The van der Waals surface area contributed by atoms with Crippen molar-refractivity contribution in [2.75, 3.05) is 26.4 Å². The van der Waals surface area contributed by atoms with Crippen LogP contribution in [0.25, 0.3) is 0 Å². The number of carbonyl (C=O) groups excluding carboxylic acids is 2. The molecule has 3 aliphatic heterocycles. The molecule has 3 fully saturated rings. The van der Waals surface area contributed by atoms with Gasteiger partial charge in [-0.25, -0.2) is 4.79 Å². The predicted molar refractivity (Wildman–Crippen MR) is 301 cm³/mol. The predicted octanol–water partition coefficient (Wildman–Crippen LogP) is 3.17. The highest BCUT2D eigenvalue weighted by atomic mass is 16.8. The van der Waals surface area contributed by atoms with Crippen LogP contribution in [-0.4, -0.2) is 215 Å². The topological polar surface area (TPSA) is 373 Å². The number of hydrogen-bond donors (Lipinski definition) is 14. The quantitative estimate of drug-likeness (QED) is 0.0307. The summed E-state index contributed by atoms with van der Waals surface area (Å²) in [6.07, 6.45) is 5.61. The SMILES string of the molecule is CCCCCCCCCCCCC/C=C/[C@@H](O)[C@H](CO[C@@H]1O[C@H](CO)[C@@H](O[C@@H]2O[C@H](CO)[C@H](O)[C@H](O[C@]3(C(=O)O)C[C@H](O)C(NC(C)=O)C([C@H](O)[C@H](O)CO)O3)[C@H]2O)[C@H](O)[C@H]1O)NC(=O)CCCCCCCCCCCCCCCCC. The zero-order valence-corrected chi connectivity index (χ0v) is 49.3. The van der Waals surface area contributed by atoms with E-state index in [4.69, 9.17) is 28.4 Å². The summed E-state index contributed by atoms with van der Waals surface area (Å²) in [6.45, 7) is 2.10. The molecule has 0 saturated carbocycles. The highest BCUT2D eigenvalue weighted by Gasteiger charge is 2.60. The monoisotopic (exact) mass is 1180 g/mol. The first kappa shape index (κ1) is 73.7. The van der Waals surface area contributed by atoms with E-state index in [-0.39, 0.29) is 12.3 Å². The number of hydrogen-bond acceptors (Lipinski definition) is 20. The van der Waals surface area contributed by atoms with E-state index in [2.05, 4.69) is 24.5 Å². The van der Waals surface area contributed by atoms with Crippen LogP contribution in [-0.2, 0) is 42.8 Å². The zero-order chi connectivity index (χ0) is 60.5. The Labute approximate surface area is 486 Å². The van der Waals surface area contributed by atoms with E-state index in [0.717, 1.165) is 51.9 Å². The van der Waals surface area contributed by atoms with E-state index in [9.17, 15) is 75.7 Å². The van der Waals surface area contributed by atoms with Gasteiger partial charge in [-0.3, -0.25) is 9.59 Å². The molecule has 0 radical (unpaired) electrons. The average Bonchev–Trinajstić information content (AvgIpc) is 3.65. The molecule has 3 rings (SSSR count). The smallest absolute Gasteiger partial charge is 0.364 e. The first-order chi connectivity index (χ1) is 39.4. The van der Waals surface area contributed by atoms with Gasteiger partial charge in [-0.2, -0.15) is 0 Å². The lowest BCUT2D eigenvalue weighted by Crippen LogP contribution is -2.70. The lowest BCUT2D eigenvalue weighted by Gasteiger charge is -2.50. The van der Waals surface area contributed by atoms with Gasteiger partial charge in [-0.05, 0) is 19.3 Å². The van der Waals surface area contributed by atoms with Gasteiger partial charge in [0.05, 0.1) is 50.7 Å². The van der Waals surface area contributed by atoms with Crippen LogP contribution in [0.15, 0.2) is 12.2 Å². The first-order valence-electron chi connectivity index (χ1n) is 31.1. The highest BCUT2D eigenvalue weighted by molar-refractivity contribution is 5.77. The van der Waals surface area contributed by atoms with Crippen molar-refractivity contribution >= 4 is 17.8 Å². The number of carbonyl (C=O) groups is 3. The van der Waals surface area contributed by atoms with Crippen LogP contribution < -0.4 is 10.6 Å². The fourth-order valence-corrected chi connectivity index (χ4v) is 10.9. The molecule has 82 heavy (non-hydrogen) atoms. The number of aliphatic hydroxyl groups excluding tert-OH is 11. The molecule has 14 N–H and O–H groups in total. The lowest BCUT2D eigenvalue weighted by molar-refractivity contribution is -0.386. The van der Waals surface area contributed by atoms with Gasteiger partial charge < -0.3 is 100 Å². The molecule has 3 heterocycles. The Balaban J connectivity index is 1.67. The van der Waals surface area contributed by atoms with Crippen LogP contribution in [0.4, 0.5) is 0 Å². The third-order valence-electron chi connectivity index (χ3n) is 16.0. The number of carboxylic acid groups (broad SMARTS) is 1. The number of allylic oxidation sites excluding steroid dienone is 1. The second-order valence-electron chi connectivity index (χ2n) is 22.9. The van der Waals surface area contributed by atoms with Crippen molar-refractivity contribution in [1.29, 1.82) is 0 Å². The molecule has 3 saturated heterocycles. The minimum atomic E-state index is -3.08. The number of aliphatic carboxylic acids is 1. The van der Waals surface area contributed by atoms with Crippen molar-refractivity contribution in [2.45, 2.75) is 317 Å². The number of nitrogens with one attached hydrogen (secondary N) is 2. The number of unbranched alkanes of at least 4 members (excludes halogenated alkanes) is 25. The van der Waals surface area contributed by atoms with Gasteiger partial charge in [0.1, 0.15) is 67.1 Å². The van der Waals surface area contributed by atoms with Gasteiger partial charge >= 0.3 is 5.97 Å². The van der Waals surface area contributed by atoms with Crippen molar-refractivity contribution in [3.05, 3.63) is 12.2 Å². The van der Waals surface area contributed by atoms with Crippen LogP contribution in [0, 0.1) is 0 Å². The standard InChI is InChI=1S/C59H108N2O21/c1-4-6-8-10-12-14-16-18-19-21-23-25-27-29-31-33-46(69)61-40(41(66)32-30-28-26-24-22-20-17-15-13-11-9-7-5-2)38-77-56-51(73)50(72)53(45(37-64)79-56)80-57-52(74)55(49(71)44(36-63)78-57)82-59(58(75)76)34-42(67)47(60-39(3)65)54(81-59)48(70)43(68)35-62/h30,32,40-45,47-57,62-64,66-68,70-74H,4-29,31,33-38H2,1-3H3,(H,60,65)(H,61,69)(H,75,76)/b32-30+/t40-,41+,42-,43+,44+,45+,47?,48+,49-,50+,51+,52+,53+,54?,55-,56+,57-,59-/m0/s1. The maximum atomic E-state index is 13.4. The summed E-state index contributed by atoms with van der Waals surface area (Å²) in [5.74, 6) is -6.14. The molecule has 3 aliphatic rings. The summed E-state index contributed by atoms with van der Waals surface area (Å²) in [6, 6.07) is -2.61. The molecule has 23 nitrogen and oxygen atoms in total. The Kier molecular flexibility index (Phi) is 37.4. The third kappa shape index (κ3) is 25.4. The number of aliphatic hydroxyl groups is 11. The van der Waals surface area contributed by atoms with Gasteiger partial charge in [0.2, 0.25) is 11.8 Å². The van der Waals surface area contributed by atoms with Gasteiger partial charge in [0, 0.05) is 19.8 Å². The van der Waals surface area contributed by atoms with E-state index in [1.165, 1.54) is 116 Å². The summed E-state index contributed by atoms with van der Waals surface area (Å²) in [7, 11) is 0. The second-order valence-corrected chi connectivity index (χ2v) is 22.9. The molecule has 18 atom stereocenters. The van der Waals surface area contributed by atoms with Gasteiger partial charge in [-0.1, -0.05) is 180 Å². The molecule has 0 aromatic rings. The zero-order valence-electron chi connectivity index (χ0n) is 49.3. The molecule has 0 aliphatic carbocycles. The van der Waals surface area contributed by atoms with E-state index >= 15 is 0 Å². The fourth-order valence-electron chi connectivity index (χ4n) is 10.9. The molecule has 0 aromatic heterocycles. The lowest BCUT2D eigenvalue weighted by atomic mass is 9.88. The Morgan fingerprint density at radius 1 is 0.634 bits per heavy atom. The summed E-state index contributed by atoms with van der Waals surface area (Å²) in [4.78, 5) is 38.4. The number of rotatable bonds is 45. The Hall–Kier alpha value is -2.53. The van der Waals surface area contributed by atoms with E-state index in [1.807, 2.05) is 6.08 Å². The minimum absolute atomic E-state index is 0.204. The second kappa shape index (κ2) is 41.5. The summed E-state index contributed by atoms with van der Waals surface area (Å²) >= 11 is 0. The van der Waals surface area contributed by atoms with Gasteiger partial charge in [0.15, 0.2) is 12.6 Å². The maximum absolute atomic E-state index is 13.4. The number of ether oxygens (including phenoxy) is 6. The van der Waals surface area contributed by atoms with E-state index in [1.54, 1.807) is 6.08 Å².